The van der Waals surface area contributed by atoms with Gasteiger partial charge >= 0.3 is 0 Å². The van der Waals surface area contributed by atoms with E-state index in [1.807, 2.05) is 12.1 Å². The van der Waals surface area contributed by atoms with Gasteiger partial charge in [0.2, 0.25) is 0 Å². The van der Waals surface area contributed by atoms with E-state index < -0.39 is 0 Å². The van der Waals surface area contributed by atoms with Crippen LogP contribution in [0.15, 0.2) is 16.6 Å². The minimum atomic E-state index is 0.141. The van der Waals surface area contributed by atoms with E-state index >= 15 is 0 Å². The molecule has 1 aliphatic rings. The van der Waals surface area contributed by atoms with Crippen molar-refractivity contribution in [3.63, 3.8) is 0 Å². The lowest BCUT2D eigenvalue weighted by molar-refractivity contribution is 0.0343. The number of morpholine rings is 1. The molecular weight excluding hydrogens is 336 g/mol. The maximum absolute atomic E-state index is 9.80. The predicted octanol–water partition coefficient (Wildman–Crippen LogP) is 1.97. The number of ether oxygens (including phenoxy) is 2. The molecule has 0 aromatic heterocycles. The summed E-state index contributed by atoms with van der Waals surface area (Å²) in [7, 11) is 1.56. The molecular formula is C15H23BrN2O3. The van der Waals surface area contributed by atoms with E-state index in [0.29, 0.717) is 16.3 Å². The van der Waals surface area contributed by atoms with Gasteiger partial charge in [0.15, 0.2) is 11.5 Å². The van der Waals surface area contributed by atoms with Crippen LogP contribution >= 0.6 is 15.9 Å². The predicted molar refractivity (Wildman–Crippen MR) is 85.9 cm³/mol. The van der Waals surface area contributed by atoms with Gasteiger partial charge < -0.3 is 19.9 Å². The molecule has 118 valence electrons. The van der Waals surface area contributed by atoms with Gasteiger partial charge in [-0.2, -0.15) is 0 Å². The van der Waals surface area contributed by atoms with Gasteiger partial charge in [0, 0.05) is 32.2 Å². The van der Waals surface area contributed by atoms with Gasteiger partial charge in [-0.3, -0.25) is 4.90 Å². The Bertz CT molecular complexity index is 464. The van der Waals surface area contributed by atoms with Crippen LogP contribution in [0.1, 0.15) is 12.5 Å². The van der Waals surface area contributed by atoms with E-state index in [1.54, 1.807) is 7.11 Å². The van der Waals surface area contributed by atoms with Gasteiger partial charge in [-0.15, -0.1) is 0 Å². The Morgan fingerprint density at radius 2 is 2.14 bits per heavy atom. The SMILES string of the molecule is COc1cc(CNC(C)CN2CCOCC2)cc(Br)c1O. The highest BCUT2D eigenvalue weighted by Crippen LogP contribution is 2.35. The van der Waals surface area contributed by atoms with Crippen molar-refractivity contribution in [2.75, 3.05) is 40.0 Å². The molecule has 0 bridgehead atoms. The first-order chi connectivity index (χ1) is 10.1. The van der Waals surface area contributed by atoms with E-state index in [-0.39, 0.29) is 5.75 Å². The Kier molecular flexibility index (Phi) is 6.29. The molecule has 0 saturated carbocycles. The monoisotopic (exact) mass is 358 g/mol. The summed E-state index contributed by atoms with van der Waals surface area (Å²) in [6.07, 6.45) is 0. The number of hydrogen-bond donors (Lipinski definition) is 2. The molecule has 21 heavy (non-hydrogen) atoms. The molecule has 1 aromatic carbocycles. The van der Waals surface area contributed by atoms with Crippen molar-refractivity contribution in [2.45, 2.75) is 19.5 Å². The fourth-order valence-electron chi connectivity index (χ4n) is 2.41. The van der Waals surface area contributed by atoms with Crippen molar-refractivity contribution in [3.8, 4) is 11.5 Å². The Morgan fingerprint density at radius 1 is 1.43 bits per heavy atom. The summed E-state index contributed by atoms with van der Waals surface area (Å²) in [5.41, 5.74) is 1.07. The molecule has 5 nitrogen and oxygen atoms in total. The van der Waals surface area contributed by atoms with E-state index in [0.717, 1.165) is 45.0 Å². The second-order valence-electron chi connectivity index (χ2n) is 5.32. The van der Waals surface area contributed by atoms with Gasteiger partial charge in [0.05, 0.1) is 24.8 Å². The largest absolute Gasteiger partial charge is 0.503 e. The zero-order chi connectivity index (χ0) is 15.2. The summed E-state index contributed by atoms with van der Waals surface area (Å²) in [5, 5.41) is 13.3. The minimum Gasteiger partial charge on any atom is -0.503 e. The van der Waals surface area contributed by atoms with Gasteiger partial charge in [0.1, 0.15) is 0 Å². The first kappa shape index (κ1) is 16.5. The molecule has 0 spiro atoms. The molecule has 1 unspecified atom stereocenters. The van der Waals surface area contributed by atoms with Crippen molar-refractivity contribution < 1.29 is 14.6 Å². The molecule has 1 aromatic rings. The Balaban J connectivity index is 1.85. The van der Waals surface area contributed by atoms with E-state index in [1.165, 1.54) is 0 Å². The van der Waals surface area contributed by atoms with Crippen LogP contribution in [-0.4, -0.2) is 56.0 Å². The van der Waals surface area contributed by atoms with Crippen LogP contribution < -0.4 is 10.1 Å². The first-order valence-electron chi connectivity index (χ1n) is 7.19. The van der Waals surface area contributed by atoms with Gasteiger partial charge in [0.25, 0.3) is 0 Å². The number of phenolic OH excluding ortho intramolecular Hbond substituents is 1. The molecule has 2 rings (SSSR count). The van der Waals surface area contributed by atoms with E-state index in [2.05, 4.69) is 33.1 Å². The number of nitrogens with one attached hydrogen (secondary N) is 1. The molecule has 1 fully saturated rings. The molecule has 0 aliphatic carbocycles. The van der Waals surface area contributed by atoms with Crippen LogP contribution in [0.25, 0.3) is 0 Å². The highest BCUT2D eigenvalue weighted by Gasteiger charge is 2.14. The third-order valence-electron chi connectivity index (χ3n) is 3.60. The number of hydrogen-bond acceptors (Lipinski definition) is 5. The Hall–Kier alpha value is -0.820. The highest BCUT2D eigenvalue weighted by molar-refractivity contribution is 9.10. The zero-order valence-electron chi connectivity index (χ0n) is 12.6. The molecule has 1 atom stereocenters. The summed E-state index contributed by atoms with van der Waals surface area (Å²) in [6.45, 7) is 7.60. The van der Waals surface area contributed by atoms with Crippen molar-refractivity contribution in [1.29, 1.82) is 0 Å². The van der Waals surface area contributed by atoms with E-state index in [4.69, 9.17) is 9.47 Å². The minimum absolute atomic E-state index is 0.141. The van der Waals surface area contributed by atoms with Crippen molar-refractivity contribution >= 4 is 15.9 Å². The fraction of sp³-hybridized carbons (Fsp3) is 0.600. The number of methoxy groups -OCH3 is 1. The van der Waals surface area contributed by atoms with E-state index in [9.17, 15) is 5.11 Å². The third-order valence-corrected chi connectivity index (χ3v) is 4.20. The van der Waals surface area contributed by atoms with Crippen molar-refractivity contribution in [1.82, 2.24) is 10.2 Å². The number of phenols is 1. The molecule has 6 heteroatoms. The lowest BCUT2D eigenvalue weighted by atomic mass is 10.2. The van der Waals surface area contributed by atoms with Crippen LogP contribution in [0.5, 0.6) is 11.5 Å². The lowest BCUT2D eigenvalue weighted by Gasteiger charge is -2.29. The van der Waals surface area contributed by atoms with Crippen LogP contribution in [0, 0.1) is 0 Å². The highest BCUT2D eigenvalue weighted by atomic mass is 79.9. The fourth-order valence-corrected chi connectivity index (χ4v) is 2.90. The topological polar surface area (TPSA) is 54.0 Å². The van der Waals surface area contributed by atoms with Gasteiger partial charge in [-0.25, -0.2) is 0 Å². The van der Waals surface area contributed by atoms with Crippen LogP contribution in [-0.2, 0) is 11.3 Å². The average Bonchev–Trinajstić information content (AvgIpc) is 2.49. The maximum atomic E-state index is 9.80. The molecule has 1 heterocycles. The summed E-state index contributed by atoms with van der Waals surface area (Å²) in [6, 6.07) is 4.16. The number of rotatable bonds is 6. The number of nitrogens with zero attached hydrogens (tertiary/aromatic N) is 1. The van der Waals surface area contributed by atoms with Gasteiger partial charge in [-0.05, 0) is 40.5 Å². The molecule has 1 aliphatic heterocycles. The maximum Gasteiger partial charge on any atom is 0.172 e. The lowest BCUT2D eigenvalue weighted by Crippen LogP contribution is -2.44. The second-order valence-corrected chi connectivity index (χ2v) is 6.18. The number of benzene rings is 1. The number of aromatic hydroxyl groups is 1. The Labute approximate surface area is 134 Å². The van der Waals surface area contributed by atoms with Gasteiger partial charge in [-0.1, -0.05) is 0 Å². The van der Waals surface area contributed by atoms with Crippen LogP contribution in [0.4, 0.5) is 0 Å². The molecule has 1 saturated heterocycles. The summed E-state index contributed by atoms with van der Waals surface area (Å²) < 4.78 is 11.2. The quantitative estimate of drug-likeness (QED) is 0.814. The summed E-state index contributed by atoms with van der Waals surface area (Å²) >= 11 is 3.34. The first-order valence-corrected chi connectivity index (χ1v) is 7.98. The summed E-state index contributed by atoms with van der Waals surface area (Å²) in [5.74, 6) is 0.629. The summed E-state index contributed by atoms with van der Waals surface area (Å²) in [4.78, 5) is 2.41. The van der Waals surface area contributed by atoms with Crippen molar-refractivity contribution in [3.05, 3.63) is 22.2 Å². The molecule has 0 amide bonds. The molecule has 0 radical (unpaired) electrons. The normalized spacial score (nSPS) is 17.7. The van der Waals surface area contributed by atoms with Crippen LogP contribution in [0.2, 0.25) is 0 Å². The number of halogens is 1. The second kappa shape index (κ2) is 7.98. The zero-order valence-corrected chi connectivity index (χ0v) is 14.1. The Morgan fingerprint density at radius 3 is 2.81 bits per heavy atom. The molecule has 2 N–H and O–H groups in total. The average molecular weight is 359 g/mol. The standard InChI is InChI=1S/C15H23BrN2O3/c1-11(10-18-3-5-21-6-4-18)17-9-12-7-13(16)15(19)14(8-12)20-2/h7-8,11,17,19H,3-6,9-10H2,1-2H3. The van der Waals surface area contributed by atoms with Crippen LogP contribution in [0.3, 0.4) is 0 Å². The smallest absolute Gasteiger partial charge is 0.172 e. The third kappa shape index (κ3) is 4.85. The van der Waals surface area contributed by atoms with Crippen molar-refractivity contribution in [2.24, 2.45) is 0 Å².